The summed E-state index contributed by atoms with van der Waals surface area (Å²) in [5.74, 6) is 2.48. The van der Waals surface area contributed by atoms with Gasteiger partial charge in [0.05, 0.1) is 0 Å². The van der Waals surface area contributed by atoms with Gasteiger partial charge in [-0.05, 0) is 30.1 Å². The monoisotopic (exact) mass is 208 g/mol. The van der Waals surface area contributed by atoms with Gasteiger partial charge in [-0.1, -0.05) is 40.5 Å². The standard InChI is InChI=1S/C14H24O/c1-9(2)12-13(15)10-7-5-6-8-11(10)14(12,3)4/h9-12H,5-8H2,1-4H3. The molecule has 1 heteroatoms. The molecule has 1 nitrogen and oxygen atoms in total. The molecule has 0 aromatic carbocycles. The van der Waals surface area contributed by atoms with Crippen molar-refractivity contribution in [3.63, 3.8) is 0 Å². The molecule has 0 bridgehead atoms. The number of carbonyl (C=O) groups excluding carboxylic acids is 1. The van der Waals surface area contributed by atoms with E-state index >= 15 is 0 Å². The maximum Gasteiger partial charge on any atom is 0.140 e. The lowest BCUT2D eigenvalue weighted by Gasteiger charge is -2.36. The largest absolute Gasteiger partial charge is 0.299 e. The fraction of sp³-hybridized carbons (Fsp3) is 0.929. The first-order chi connectivity index (χ1) is 6.96. The highest BCUT2D eigenvalue weighted by Gasteiger charge is 2.55. The fourth-order valence-corrected chi connectivity index (χ4v) is 4.38. The Labute approximate surface area is 93.6 Å². The predicted octanol–water partition coefficient (Wildman–Crippen LogP) is 3.67. The second-order valence-corrected chi connectivity index (χ2v) is 6.44. The van der Waals surface area contributed by atoms with Gasteiger partial charge in [-0.3, -0.25) is 4.79 Å². The Morgan fingerprint density at radius 1 is 1.20 bits per heavy atom. The zero-order valence-corrected chi connectivity index (χ0v) is 10.5. The molecule has 0 N–H and O–H groups in total. The molecular weight excluding hydrogens is 184 g/mol. The number of fused-ring (bicyclic) bond motifs is 1. The molecule has 2 aliphatic rings. The molecule has 86 valence electrons. The van der Waals surface area contributed by atoms with Crippen LogP contribution in [0.15, 0.2) is 0 Å². The smallest absolute Gasteiger partial charge is 0.140 e. The van der Waals surface area contributed by atoms with Crippen LogP contribution in [0, 0.1) is 29.1 Å². The third-order valence-electron chi connectivity index (χ3n) is 4.86. The van der Waals surface area contributed by atoms with Crippen molar-refractivity contribution in [1.82, 2.24) is 0 Å². The van der Waals surface area contributed by atoms with Gasteiger partial charge in [0.2, 0.25) is 0 Å². The maximum atomic E-state index is 12.4. The molecule has 0 aromatic rings. The van der Waals surface area contributed by atoms with Crippen LogP contribution in [0.2, 0.25) is 0 Å². The summed E-state index contributed by atoms with van der Waals surface area (Å²) in [6.07, 6.45) is 5.05. The molecular formula is C14H24O. The summed E-state index contributed by atoms with van der Waals surface area (Å²) in [5.41, 5.74) is 0.246. The van der Waals surface area contributed by atoms with E-state index in [4.69, 9.17) is 0 Å². The minimum atomic E-state index is 0.246. The van der Waals surface area contributed by atoms with Crippen molar-refractivity contribution in [1.29, 1.82) is 0 Å². The molecule has 2 fully saturated rings. The average molecular weight is 208 g/mol. The highest BCUT2D eigenvalue weighted by atomic mass is 16.1. The van der Waals surface area contributed by atoms with E-state index in [9.17, 15) is 4.79 Å². The van der Waals surface area contributed by atoms with E-state index in [2.05, 4.69) is 27.7 Å². The zero-order valence-electron chi connectivity index (χ0n) is 10.5. The zero-order chi connectivity index (χ0) is 11.2. The quantitative estimate of drug-likeness (QED) is 0.642. The molecule has 0 amide bonds. The van der Waals surface area contributed by atoms with Gasteiger partial charge in [0.25, 0.3) is 0 Å². The summed E-state index contributed by atoms with van der Waals surface area (Å²) in [6, 6.07) is 0. The van der Waals surface area contributed by atoms with Gasteiger partial charge in [0.1, 0.15) is 5.78 Å². The highest BCUT2D eigenvalue weighted by molar-refractivity contribution is 5.87. The Kier molecular flexibility index (Phi) is 2.68. The lowest BCUT2D eigenvalue weighted by molar-refractivity contribution is -0.126. The third kappa shape index (κ3) is 1.55. The van der Waals surface area contributed by atoms with Crippen LogP contribution in [0.3, 0.4) is 0 Å². The molecule has 15 heavy (non-hydrogen) atoms. The summed E-state index contributed by atoms with van der Waals surface area (Å²) in [7, 11) is 0. The number of carbonyl (C=O) groups is 1. The van der Waals surface area contributed by atoms with Crippen molar-refractivity contribution in [3.05, 3.63) is 0 Å². The van der Waals surface area contributed by atoms with Crippen LogP contribution < -0.4 is 0 Å². The van der Waals surface area contributed by atoms with Crippen LogP contribution in [0.4, 0.5) is 0 Å². The van der Waals surface area contributed by atoms with E-state index in [1.807, 2.05) is 0 Å². The molecule has 0 aromatic heterocycles. The summed E-state index contributed by atoms with van der Waals surface area (Å²) in [4.78, 5) is 12.4. The van der Waals surface area contributed by atoms with E-state index in [-0.39, 0.29) is 5.41 Å². The first kappa shape index (κ1) is 11.2. The van der Waals surface area contributed by atoms with Gasteiger partial charge in [-0.25, -0.2) is 0 Å². The van der Waals surface area contributed by atoms with Crippen molar-refractivity contribution in [2.24, 2.45) is 29.1 Å². The van der Waals surface area contributed by atoms with Crippen LogP contribution in [-0.2, 0) is 4.79 Å². The lowest BCUT2D eigenvalue weighted by atomic mass is 9.67. The van der Waals surface area contributed by atoms with Crippen LogP contribution in [0.25, 0.3) is 0 Å². The number of Topliss-reactive ketones (excluding diaryl/α,β-unsaturated/α-hetero) is 1. The molecule has 0 radical (unpaired) electrons. The Morgan fingerprint density at radius 3 is 2.33 bits per heavy atom. The Morgan fingerprint density at radius 2 is 1.80 bits per heavy atom. The van der Waals surface area contributed by atoms with Gasteiger partial charge < -0.3 is 0 Å². The van der Waals surface area contributed by atoms with Crippen molar-refractivity contribution >= 4 is 5.78 Å². The summed E-state index contributed by atoms with van der Waals surface area (Å²) in [6.45, 7) is 9.07. The summed E-state index contributed by atoms with van der Waals surface area (Å²) >= 11 is 0. The molecule has 0 spiro atoms. The minimum Gasteiger partial charge on any atom is -0.299 e. The van der Waals surface area contributed by atoms with Crippen molar-refractivity contribution < 1.29 is 4.79 Å². The predicted molar refractivity (Wildman–Crippen MR) is 62.6 cm³/mol. The second kappa shape index (κ2) is 3.61. The van der Waals surface area contributed by atoms with Crippen LogP contribution in [0.1, 0.15) is 53.4 Å². The number of hydrogen-bond acceptors (Lipinski definition) is 1. The Balaban J connectivity index is 2.31. The summed E-state index contributed by atoms with van der Waals surface area (Å²) in [5, 5.41) is 0. The van der Waals surface area contributed by atoms with Crippen LogP contribution in [-0.4, -0.2) is 5.78 Å². The SMILES string of the molecule is CC(C)C1C(=O)C2CCCCC2C1(C)C. The number of hydrogen-bond donors (Lipinski definition) is 0. The molecule has 3 unspecified atom stereocenters. The van der Waals surface area contributed by atoms with E-state index in [1.165, 1.54) is 19.3 Å². The van der Waals surface area contributed by atoms with Gasteiger partial charge in [0, 0.05) is 11.8 Å². The van der Waals surface area contributed by atoms with Gasteiger partial charge in [-0.2, -0.15) is 0 Å². The van der Waals surface area contributed by atoms with Gasteiger partial charge in [0.15, 0.2) is 0 Å². The molecule has 2 aliphatic carbocycles. The van der Waals surface area contributed by atoms with Gasteiger partial charge in [-0.15, -0.1) is 0 Å². The van der Waals surface area contributed by atoms with E-state index in [0.717, 1.165) is 6.42 Å². The molecule has 0 saturated heterocycles. The molecule has 2 saturated carbocycles. The normalized spacial score (nSPS) is 39.5. The first-order valence-electron chi connectivity index (χ1n) is 6.50. The molecule has 2 rings (SSSR count). The van der Waals surface area contributed by atoms with Gasteiger partial charge >= 0.3 is 0 Å². The molecule has 3 atom stereocenters. The van der Waals surface area contributed by atoms with E-state index in [1.54, 1.807) is 0 Å². The number of ketones is 1. The average Bonchev–Trinajstić information content (AvgIpc) is 2.36. The van der Waals surface area contributed by atoms with Crippen LogP contribution in [0.5, 0.6) is 0 Å². The van der Waals surface area contributed by atoms with E-state index in [0.29, 0.717) is 29.5 Å². The topological polar surface area (TPSA) is 17.1 Å². The molecule has 0 heterocycles. The number of rotatable bonds is 1. The van der Waals surface area contributed by atoms with Crippen molar-refractivity contribution in [2.75, 3.05) is 0 Å². The van der Waals surface area contributed by atoms with Crippen molar-refractivity contribution in [2.45, 2.75) is 53.4 Å². The second-order valence-electron chi connectivity index (χ2n) is 6.44. The fourth-order valence-electron chi connectivity index (χ4n) is 4.38. The summed E-state index contributed by atoms with van der Waals surface area (Å²) < 4.78 is 0. The minimum absolute atomic E-state index is 0.246. The first-order valence-corrected chi connectivity index (χ1v) is 6.50. The van der Waals surface area contributed by atoms with Crippen molar-refractivity contribution in [3.8, 4) is 0 Å². The van der Waals surface area contributed by atoms with E-state index < -0.39 is 0 Å². The molecule has 0 aliphatic heterocycles. The Bertz CT molecular complexity index is 265. The van der Waals surface area contributed by atoms with Crippen LogP contribution >= 0.6 is 0 Å². The third-order valence-corrected chi connectivity index (χ3v) is 4.86. The maximum absolute atomic E-state index is 12.4. The lowest BCUT2D eigenvalue weighted by Crippen LogP contribution is -2.31. The Hall–Kier alpha value is -0.330. The highest BCUT2D eigenvalue weighted by Crippen LogP contribution is 2.56.